The van der Waals surface area contributed by atoms with E-state index < -0.39 is 0 Å². The Morgan fingerprint density at radius 3 is 2.52 bits per heavy atom. The molecule has 2 heterocycles. The molecule has 0 aromatic rings. The second kappa shape index (κ2) is 7.29. The summed E-state index contributed by atoms with van der Waals surface area (Å²) in [6, 6.07) is 3.09. The van der Waals surface area contributed by atoms with E-state index in [0.29, 0.717) is 12.5 Å². The summed E-state index contributed by atoms with van der Waals surface area (Å²) in [6.07, 6.45) is 5.27. The van der Waals surface area contributed by atoms with Gasteiger partial charge in [-0.15, -0.1) is 0 Å². The van der Waals surface area contributed by atoms with Crippen LogP contribution in [0, 0.1) is 11.3 Å². The van der Waals surface area contributed by atoms with Gasteiger partial charge in [0.15, 0.2) is 0 Å². The maximum Gasteiger partial charge on any atom is 0.0690 e. The first kappa shape index (κ1) is 16.3. The highest BCUT2D eigenvalue weighted by Gasteiger charge is 2.48. The molecular formula is C17H30N4. The summed E-state index contributed by atoms with van der Waals surface area (Å²) in [5, 5.41) is 12.8. The topological polar surface area (TPSA) is 42.3 Å². The Labute approximate surface area is 129 Å². The van der Waals surface area contributed by atoms with Crippen LogP contribution in [0.25, 0.3) is 0 Å². The van der Waals surface area contributed by atoms with Crippen LogP contribution in [-0.4, -0.2) is 54.1 Å². The van der Waals surface area contributed by atoms with Crippen LogP contribution in [0.1, 0.15) is 46.0 Å². The highest BCUT2D eigenvalue weighted by atomic mass is 15.4. The van der Waals surface area contributed by atoms with Crippen LogP contribution in [0.5, 0.6) is 0 Å². The lowest BCUT2D eigenvalue weighted by molar-refractivity contribution is -0.0483. The largest absolute Gasteiger partial charge is 0.371 e. The minimum atomic E-state index is 0.0859. The number of piperidine rings is 1. The van der Waals surface area contributed by atoms with E-state index in [9.17, 15) is 5.26 Å². The third kappa shape index (κ3) is 3.59. The average molecular weight is 290 g/mol. The number of nitrogens with zero attached hydrogens (tertiary/aromatic N) is 3. The van der Waals surface area contributed by atoms with Gasteiger partial charge in [0, 0.05) is 37.9 Å². The first-order valence-corrected chi connectivity index (χ1v) is 8.43. The number of likely N-dealkylation sites (tertiary alicyclic amines) is 2. The standard InChI is InChI=1S/C17H30N4/c1-4-10-19-16-6-11-21(12-7-16)17(8-9-18)13-20(14-17)15(3)5-2/h16,19H,3-8,10-14H2,1-2H3. The van der Waals surface area contributed by atoms with Crippen molar-refractivity contribution in [3.63, 3.8) is 0 Å². The highest BCUT2D eigenvalue weighted by Crippen LogP contribution is 2.35. The Hall–Kier alpha value is -1.05. The fraction of sp³-hybridized carbons (Fsp3) is 0.824. The van der Waals surface area contributed by atoms with Crippen molar-refractivity contribution in [1.82, 2.24) is 15.1 Å². The zero-order chi connectivity index (χ0) is 15.3. The number of hydrogen-bond donors (Lipinski definition) is 1. The van der Waals surface area contributed by atoms with E-state index in [1.165, 1.54) is 25.0 Å². The van der Waals surface area contributed by atoms with E-state index in [1.807, 2.05) is 0 Å². The molecule has 2 fully saturated rings. The van der Waals surface area contributed by atoms with Gasteiger partial charge in [0.05, 0.1) is 18.0 Å². The smallest absolute Gasteiger partial charge is 0.0690 e. The summed E-state index contributed by atoms with van der Waals surface area (Å²) < 4.78 is 0. The Morgan fingerprint density at radius 2 is 2.00 bits per heavy atom. The monoisotopic (exact) mass is 290 g/mol. The maximum atomic E-state index is 9.22. The van der Waals surface area contributed by atoms with Gasteiger partial charge in [0.2, 0.25) is 0 Å². The van der Waals surface area contributed by atoms with E-state index in [4.69, 9.17) is 0 Å². The summed E-state index contributed by atoms with van der Waals surface area (Å²) in [4.78, 5) is 4.92. The van der Waals surface area contributed by atoms with Crippen molar-refractivity contribution in [2.45, 2.75) is 57.5 Å². The molecular weight excluding hydrogens is 260 g/mol. The maximum absolute atomic E-state index is 9.22. The third-order valence-corrected chi connectivity index (χ3v) is 5.08. The van der Waals surface area contributed by atoms with E-state index in [1.54, 1.807) is 0 Å². The minimum Gasteiger partial charge on any atom is -0.371 e. The second-order valence-electron chi connectivity index (χ2n) is 6.55. The van der Waals surface area contributed by atoms with Crippen LogP contribution in [0.3, 0.4) is 0 Å². The average Bonchev–Trinajstić information content (AvgIpc) is 2.48. The molecule has 21 heavy (non-hydrogen) atoms. The van der Waals surface area contributed by atoms with Gasteiger partial charge in [0.25, 0.3) is 0 Å². The van der Waals surface area contributed by atoms with Crippen LogP contribution in [0.4, 0.5) is 0 Å². The minimum absolute atomic E-state index is 0.0859. The van der Waals surface area contributed by atoms with Crippen molar-refractivity contribution >= 4 is 0 Å². The number of hydrogen-bond acceptors (Lipinski definition) is 4. The SMILES string of the molecule is C=C(CC)N1CC(CC#N)(N2CCC(NCCC)CC2)C1. The quantitative estimate of drug-likeness (QED) is 0.781. The predicted octanol–water partition coefficient (Wildman–Crippen LogP) is 2.34. The van der Waals surface area contributed by atoms with Crippen molar-refractivity contribution in [2.24, 2.45) is 0 Å². The molecule has 4 heteroatoms. The lowest BCUT2D eigenvalue weighted by Gasteiger charge is -2.58. The molecule has 2 aliphatic rings. The first-order valence-electron chi connectivity index (χ1n) is 8.43. The molecule has 0 radical (unpaired) electrons. The van der Waals surface area contributed by atoms with E-state index >= 15 is 0 Å². The van der Waals surface area contributed by atoms with Crippen LogP contribution >= 0.6 is 0 Å². The van der Waals surface area contributed by atoms with Gasteiger partial charge in [-0.1, -0.05) is 20.4 Å². The van der Waals surface area contributed by atoms with Crippen LogP contribution in [0.2, 0.25) is 0 Å². The van der Waals surface area contributed by atoms with E-state index in [2.05, 4.69) is 41.6 Å². The lowest BCUT2D eigenvalue weighted by Crippen LogP contribution is -2.70. The Balaban J connectivity index is 1.87. The Kier molecular flexibility index (Phi) is 5.66. The zero-order valence-electron chi connectivity index (χ0n) is 13.7. The zero-order valence-corrected chi connectivity index (χ0v) is 13.7. The van der Waals surface area contributed by atoms with Gasteiger partial charge in [-0.3, -0.25) is 4.90 Å². The summed E-state index contributed by atoms with van der Waals surface area (Å²) in [6.45, 7) is 13.8. The fourth-order valence-electron chi connectivity index (χ4n) is 3.59. The molecule has 0 unspecified atom stereocenters. The molecule has 0 saturated carbocycles. The Morgan fingerprint density at radius 1 is 1.33 bits per heavy atom. The molecule has 2 aliphatic heterocycles. The summed E-state index contributed by atoms with van der Waals surface area (Å²) in [5.41, 5.74) is 1.30. The lowest BCUT2D eigenvalue weighted by atomic mass is 9.82. The molecule has 0 amide bonds. The van der Waals surface area contributed by atoms with Gasteiger partial charge < -0.3 is 10.2 Å². The molecule has 2 rings (SSSR count). The van der Waals surface area contributed by atoms with Gasteiger partial charge in [-0.25, -0.2) is 0 Å². The van der Waals surface area contributed by atoms with Crippen molar-refractivity contribution < 1.29 is 0 Å². The van der Waals surface area contributed by atoms with Crippen molar-refractivity contribution in [2.75, 3.05) is 32.7 Å². The van der Waals surface area contributed by atoms with Crippen molar-refractivity contribution in [1.29, 1.82) is 5.26 Å². The van der Waals surface area contributed by atoms with Gasteiger partial charge in [-0.05, 0) is 32.2 Å². The molecule has 0 aromatic heterocycles. The molecule has 0 aromatic carbocycles. The number of nitriles is 1. The molecule has 1 N–H and O–H groups in total. The number of nitrogens with one attached hydrogen (secondary N) is 1. The van der Waals surface area contributed by atoms with Crippen LogP contribution in [-0.2, 0) is 0 Å². The third-order valence-electron chi connectivity index (χ3n) is 5.08. The molecule has 4 nitrogen and oxygen atoms in total. The molecule has 0 bridgehead atoms. The molecule has 2 saturated heterocycles. The normalized spacial score (nSPS) is 22.6. The Bertz CT molecular complexity index is 384. The predicted molar refractivity (Wildman–Crippen MR) is 86.9 cm³/mol. The summed E-state index contributed by atoms with van der Waals surface area (Å²) in [5.74, 6) is 0. The highest BCUT2D eigenvalue weighted by molar-refractivity contribution is 5.15. The van der Waals surface area contributed by atoms with Crippen molar-refractivity contribution in [3.05, 3.63) is 12.3 Å². The van der Waals surface area contributed by atoms with Crippen LogP contribution in [0.15, 0.2) is 12.3 Å². The molecule has 0 aliphatic carbocycles. The van der Waals surface area contributed by atoms with Gasteiger partial charge in [-0.2, -0.15) is 5.26 Å². The fourth-order valence-corrected chi connectivity index (χ4v) is 3.59. The number of rotatable bonds is 7. The van der Waals surface area contributed by atoms with E-state index in [-0.39, 0.29) is 5.54 Å². The molecule has 0 atom stereocenters. The van der Waals surface area contributed by atoms with Crippen LogP contribution < -0.4 is 5.32 Å². The first-order chi connectivity index (χ1) is 10.1. The molecule has 118 valence electrons. The number of allylic oxidation sites excluding steroid dienone is 1. The van der Waals surface area contributed by atoms with Gasteiger partial charge in [0.1, 0.15) is 0 Å². The van der Waals surface area contributed by atoms with Crippen molar-refractivity contribution in [3.8, 4) is 6.07 Å². The van der Waals surface area contributed by atoms with Gasteiger partial charge >= 0.3 is 0 Å². The summed E-state index contributed by atoms with van der Waals surface area (Å²) in [7, 11) is 0. The van der Waals surface area contributed by atoms with E-state index in [0.717, 1.165) is 39.1 Å². The summed E-state index contributed by atoms with van der Waals surface area (Å²) >= 11 is 0. The second-order valence-corrected chi connectivity index (χ2v) is 6.55. The molecule has 0 spiro atoms.